The molecule has 0 aromatic carbocycles. The maximum atomic E-state index is 12.5. The predicted molar refractivity (Wildman–Crippen MR) is 99.7 cm³/mol. The fourth-order valence-corrected chi connectivity index (χ4v) is 5.00. The monoisotopic (exact) mass is 428 g/mol. The van der Waals surface area contributed by atoms with Crippen LogP contribution in [0.1, 0.15) is 30.6 Å². The van der Waals surface area contributed by atoms with E-state index in [0.29, 0.717) is 18.0 Å². The fraction of sp³-hybridized carbons (Fsp3) is 0.438. The van der Waals surface area contributed by atoms with Crippen molar-refractivity contribution < 1.29 is 14.4 Å². The van der Waals surface area contributed by atoms with E-state index in [9.17, 15) is 14.4 Å². The van der Waals surface area contributed by atoms with Gasteiger partial charge in [-0.3, -0.25) is 19.3 Å². The van der Waals surface area contributed by atoms with Crippen molar-refractivity contribution in [3.05, 3.63) is 25.7 Å². The van der Waals surface area contributed by atoms with Crippen molar-refractivity contribution in [1.82, 2.24) is 9.80 Å². The molecule has 0 radical (unpaired) electrons. The zero-order valence-corrected chi connectivity index (χ0v) is 16.2. The van der Waals surface area contributed by atoms with Gasteiger partial charge in [0.15, 0.2) is 0 Å². The van der Waals surface area contributed by atoms with E-state index in [1.807, 2.05) is 12.1 Å². The Hall–Kier alpha value is -1.12. The molecule has 3 amide bonds. The smallest absolute Gasteiger partial charge is 0.294 e. The Morgan fingerprint density at radius 1 is 1.17 bits per heavy atom. The van der Waals surface area contributed by atoms with Crippen LogP contribution in [0.15, 0.2) is 20.8 Å². The van der Waals surface area contributed by atoms with Crippen molar-refractivity contribution in [3.8, 4) is 0 Å². The van der Waals surface area contributed by atoms with Crippen LogP contribution in [0, 0.1) is 0 Å². The second kappa shape index (κ2) is 7.84. The highest BCUT2D eigenvalue weighted by Crippen LogP contribution is 2.34. The molecule has 1 aromatic heterocycles. The topological polar surface area (TPSA) is 57.7 Å². The molecule has 0 atom stereocenters. The standard InChI is InChI=1S/C16H17BrN2O3S2/c17-13-6-5-11(23-13)9-12-15(21)19(16(22)24-12)10-14(20)18-7-3-1-2-4-8-18/h5-6,9H,1-4,7-8,10H2. The molecule has 2 aliphatic heterocycles. The van der Waals surface area contributed by atoms with Gasteiger partial charge in [0.25, 0.3) is 11.1 Å². The Bertz CT molecular complexity index is 693. The average Bonchev–Trinajstić information content (AvgIpc) is 2.94. The minimum absolute atomic E-state index is 0.140. The predicted octanol–water partition coefficient (Wildman–Crippen LogP) is 3.95. The number of nitrogens with zero attached hydrogens (tertiary/aromatic N) is 2. The highest BCUT2D eigenvalue weighted by Gasteiger charge is 2.37. The molecule has 0 bridgehead atoms. The third-order valence-electron chi connectivity index (χ3n) is 3.99. The lowest BCUT2D eigenvalue weighted by Crippen LogP contribution is -2.42. The molecule has 5 nitrogen and oxygen atoms in total. The van der Waals surface area contributed by atoms with Crippen LogP contribution in [0.4, 0.5) is 4.79 Å². The molecule has 128 valence electrons. The number of imide groups is 1. The molecule has 0 aliphatic carbocycles. The third-order valence-corrected chi connectivity index (χ3v) is 6.47. The number of thioether (sulfide) groups is 1. The van der Waals surface area contributed by atoms with Gasteiger partial charge in [-0.05, 0) is 58.7 Å². The van der Waals surface area contributed by atoms with E-state index in [0.717, 1.165) is 51.0 Å². The highest BCUT2D eigenvalue weighted by molar-refractivity contribution is 9.11. The quantitative estimate of drug-likeness (QED) is 0.683. The zero-order chi connectivity index (χ0) is 17.1. The van der Waals surface area contributed by atoms with Gasteiger partial charge < -0.3 is 4.90 Å². The normalized spacial score (nSPS) is 20.8. The molecule has 0 saturated carbocycles. The van der Waals surface area contributed by atoms with Gasteiger partial charge in [0.2, 0.25) is 5.91 Å². The number of carbonyl (C=O) groups is 3. The van der Waals surface area contributed by atoms with Crippen molar-refractivity contribution in [2.75, 3.05) is 19.6 Å². The molecule has 0 unspecified atom stereocenters. The van der Waals surface area contributed by atoms with Gasteiger partial charge in [0.1, 0.15) is 6.54 Å². The summed E-state index contributed by atoms with van der Waals surface area (Å²) in [5.74, 6) is -0.517. The van der Waals surface area contributed by atoms with E-state index >= 15 is 0 Å². The molecule has 1 aromatic rings. The molecule has 2 fully saturated rings. The first-order chi connectivity index (χ1) is 11.5. The van der Waals surface area contributed by atoms with Crippen LogP contribution in [0.5, 0.6) is 0 Å². The molecule has 8 heteroatoms. The number of carbonyl (C=O) groups excluding carboxylic acids is 3. The first kappa shape index (κ1) is 17.7. The first-order valence-corrected chi connectivity index (χ1v) is 10.3. The maximum absolute atomic E-state index is 12.5. The first-order valence-electron chi connectivity index (χ1n) is 7.83. The second-order valence-electron chi connectivity index (χ2n) is 5.70. The number of thiophene rings is 1. The number of hydrogen-bond acceptors (Lipinski definition) is 5. The molecular weight excluding hydrogens is 412 g/mol. The molecule has 0 spiro atoms. The average molecular weight is 429 g/mol. The van der Waals surface area contributed by atoms with Crippen molar-refractivity contribution in [2.24, 2.45) is 0 Å². The summed E-state index contributed by atoms with van der Waals surface area (Å²) in [6.07, 6.45) is 5.94. The lowest BCUT2D eigenvalue weighted by Gasteiger charge is -2.22. The van der Waals surface area contributed by atoms with Gasteiger partial charge in [-0.2, -0.15) is 0 Å². The van der Waals surface area contributed by atoms with Gasteiger partial charge in [0.05, 0.1) is 8.69 Å². The summed E-state index contributed by atoms with van der Waals surface area (Å²) in [6, 6.07) is 3.77. The summed E-state index contributed by atoms with van der Waals surface area (Å²) in [7, 11) is 0. The minimum Gasteiger partial charge on any atom is -0.341 e. The summed E-state index contributed by atoms with van der Waals surface area (Å²) in [6.45, 7) is 1.28. The summed E-state index contributed by atoms with van der Waals surface area (Å²) in [4.78, 5) is 41.1. The van der Waals surface area contributed by atoms with E-state index in [2.05, 4.69) is 15.9 Å². The lowest BCUT2D eigenvalue weighted by molar-refractivity contribution is -0.135. The van der Waals surface area contributed by atoms with Crippen LogP contribution in [0.25, 0.3) is 6.08 Å². The SMILES string of the molecule is O=C(CN1C(=O)SC(=Cc2ccc(Br)s2)C1=O)N1CCCCCC1. The van der Waals surface area contributed by atoms with Crippen LogP contribution in [0.2, 0.25) is 0 Å². The second-order valence-corrected chi connectivity index (χ2v) is 9.19. The van der Waals surface area contributed by atoms with Crippen LogP contribution in [0.3, 0.4) is 0 Å². The van der Waals surface area contributed by atoms with Crippen LogP contribution in [-0.4, -0.2) is 46.5 Å². The highest BCUT2D eigenvalue weighted by atomic mass is 79.9. The molecule has 3 heterocycles. The van der Waals surface area contributed by atoms with E-state index in [4.69, 9.17) is 0 Å². The molecule has 2 saturated heterocycles. The van der Waals surface area contributed by atoms with Crippen molar-refractivity contribution in [1.29, 1.82) is 0 Å². The molecular formula is C16H17BrN2O3S2. The van der Waals surface area contributed by atoms with Gasteiger partial charge in [-0.25, -0.2) is 0 Å². The van der Waals surface area contributed by atoms with E-state index in [-0.39, 0.29) is 23.6 Å². The van der Waals surface area contributed by atoms with Crippen molar-refractivity contribution in [3.63, 3.8) is 0 Å². The number of hydrogen-bond donors (Lipinski definition) is 0. The third kappa shape index (κ3) is 4.10. The van der Waals surface area contributed by atoms with Crippen LogP contribution in [-0.2, 0) is 9.59 Å². The van der Waals surface area contributed by atoms with E-state index in [1.165, 1.54) is 11.3 Å². The van der Waals surface area contributed by atoms with Gasteiger partial charge in [-0.1, -0.05) is 12.8 Å². The number of likely N-dealkylation sites (tertiary alicyclic amines) is 1. The summed E-state index contributed by atoms with van der Waals surface area (Å²) >= 11 is 5.76. The Morgan fingerprint density at radius 3 is 2.50 bits per heavy atom. The van der Waals surface area contributed by atoms with Crippen LogP contribution >= 0.6 is 39.0 Å². The molecule has 24 heavy (non-hydrogen) atoms. The number of halogens is 1. The summed E-state index contributed by atoms with van der Waals surface area (Å²) < 4.78 is 0.962. The fourth-order valence-electron chi connectivity index (χ4n) is 2.73. The number of rotatable bonds is 3. The van der Waals surface area contributed by atoms with E-state index in [1.54, 1.807) is 11.0 Å². The van der Waals surface area contributed by atoms with E-state index < -0.39 is 0 Å². The Morgan fingerprint density at radius 2 is 1.88 bits per heavy atom. The van der Waals surface area contributed by atoms with Crippen molar-refractivity contribution in [2.45, 2.75) is 25.7 Å². The molecule has 3 rings (SSSR count). The van der Waals surface area contributed by atoms with Gasteiger partial charge >= 0.3 is 0 Å². The van der Waals surface area contributed by atoms with Gasteiger partial charge in [-0.15, -0.1) is 11.3 Å². The summed E-state index contributed by atoms with van der Waals surface area (Å²) in [5, 5.41) is -0.370. The largest absolute Gasteiger partial charge is 0.341 e. The Labute approximate surface area is 157 Å². The van der Waals surface area contributed by atoms with Crippen molar-refractivity contribution >= 4 is 62.2 Å². The molecule has 0 N–H and O–H groups in total. The lowest BCUT2D eigenvalue weighted by atomic mass is 10.2. The summed E-state index contributed by atoms with van der Waals surface area (Å²) in [5.41, 5.74) is 0. The van der Waals surface area contributed by atoms with Gasteiger partial charge in [0, 0.05) is 18.0 Å². The number of amides is 3. The van der Waals surface area contributed by atoms with Crippen LogP contribution < -0.4 is 0 Å². The molecule has 2 aliphatic rings. The zero-order valence-electron chi connectivity index (χ0n) is 13.0. The minimum atomic E-state index is -0.377. The maximum Gasteiger partial charge on any atom is 0.294 e. The Balaban J connectivity index is 1.67. The Kier molecular flexibility index (Phi) is 5.78.